The van der Waals surface area contributed by atoms with Gasteiger partial charge in [0.25, 0.3) is 5.91 Å². The van der Waals surface area contributed by atoms with Crippen LogP contribution < -0.4 is 5.73 Å². The van der Waals surface area contributed by atoms with Crippen molar-refractivity contribution in [3.8, 4) is 0 Å². The molecule has 2 rings (SSSR count). The van der Waals surface area contributed by atoms with E-state index in [4.69, 9.17) is 28.9 Å². The van der Waals surface area contributed by atoms with Crippen LogP contribution in [0, 0.1) is 6.92 Å². The number of amides is 1. The fraction of sp³-hybridized carbons (Fsp3) is 0.231. The van der Waals surface area contributed by atoms with Crippen molar-refractivity contribution in [1.29, 1.82) is 0 Å². The van der Waals surface area contributed by atoms with Crippen molar-refractivity contribution < 1.29 is 4.79 Å². The number of benzene rings is 1. The van der Waals surface area contributed by atoms with Gasteiger partial charge in [-0.1, -0.05) is 40.6 Å². The zero-order valence-electron chi connectivity index (χ0n) is 11.0. The van der Waals surface area contributed by atoms with E-state index < -0.39 is 0 Å². The van der Waals surface area contributed by atoms with Crippen LogP contribution in [0.5, 0.6) is 0 Å². The van der Waals surface area contributed by atoms with E-state index in [0.717, 1.165) is 5.56 Å². The minimum absolute atomic E-state index is 0.122. The maximum atomic E-state index is 12.3. The van der Waals surface area contributed by atoms with Crippen LogP contribution in [-0.2, 0) is 6.54 Å². The highest BCUT2D eigenvalue weighted by molar-refractivity contribution is 7.17. The molecule has 0 radical (unpaired) electrons. The van der Waals surface area contributed by atoms with Gasteiger partial charge in [-0.25, -0.2) is 4.98 Å². The van der Waals surface area contributed by atoms with E-state index in [9.17, 15) is 4.79 Å². The number of thiazole rings is 1. The lowest BCUT2D eigenvalue weighted by Crippen LogP contribution is -2.26. The van der Waals surface area contributed by atoms with E-state index in [1.165, 1.54) is 11.3 Å². The molecule has 1 amide bonds. The first-order valence-electron chi connectivity index (χ1n) is 5.80. The minimum atomic E-state index is -0.122. The average Bonchev–Trinajstić information content (AvgIpc) is 2.71. The van der Waals surface area contributed by atoms with Crippen LogP contribution >= 0.6 is 34.5 Å². The summed E-state index contributed by atoms with van der Waals surface area (Å²) in [4.78, 5) is 18.5. The van der Waals surface area contributed by atoms with Gasteiger partial charge in [0, 0.05) is 23.6 Å². The summed E-state index contributed by atoms with van der Waals surface area (Å²) in [5, 5.41) is 1.50. The largest absolute Gasteiger partial charge is 0.375 e. The zero-order chi connectivity index (χ0) is 14.9. The summed E-state index contributed by atoms with van der Waals surface area (Å²) in [6.45, 7) is 2.16. The Labute approximate surface area is 131 Å². The summed E-state index contributed by atoms with van der Waals surface area (Å²) in [6.07, 6.45) is 0. The zero-order valence-corrected chi connectivity index (χ0v) is 13.3. The van der Waals surface area contributed by atoms with Crippen LogP contribution in [0.4, 0.5) is 5.13 Å². The molecule has 0 aliphatic carbocycles. The fourth-order valence-electron chi connectivity index (χ4n) is 1.77. The molecule has 7 heteroatoms. The summed E-state index contributed by atoms with van der Waals surface area (Å²) in [6, 6.07) is 5.21. The number of hydrogen-bond donors (Lipinski definition) is 1. The molecule has 20 heavy (non-hydrogen) atoms. The molecule has 106 valence electrons. The van der Waals surface area contributed by atoms with Crippen molar-refractivity contribution in [1.82, 2.24) is 9.88 Å². The molecule has 1 aromatic carbocycles. The predicted octanol–water partition coefficient (Wildman–Crippen LogP) is 3.61. The Bertz CT molecular complexity index is 657. The van der Waals surface area contributed by atoms with E-state index >= 15 is 0 Å². The molecule has 0 aliphatic rings. The standard InChI is InChI=1S/C13H13Cl2N3OS/c1-7-11(20-13(16)17-7)12(19)18(2)6-8-3-4-9(14)5-10(8)15/h3-5H,6H2,1-2H3,(H2,16,17). The van der Waals surface area contributed by atoms with E-state index in [0.29, 0.717) is 32.3 Å². The van der Waals surface area contributed by atoms with Crippen LogP contribution in [0.3, 0.4) is 0 Å². The summed E-state index contributed by atoms with van der Waals surface area (Å²) in [5.41, 5.74) is 7.09. The van der Waals surface area contributed by atoms with Gasteiger partial charge in [0.15, 0.2) is 5.13 Å². The molecule has 0 saturated carbocycles. The second kappa shape index (κ2) is 5.99. The van der Waals surface area contributed by atoms with Gasteiger partial charge in [-0.15, -0.1) is 0 Å². The Morgan fingerprint density at radius 3 is 2.70 bits per heavy atom. The van der Waals surface area contributed by atoms with Gasteiger partial charge in [-0.3, -0.25) is 4.79 Å². The molecule has 1 heterocycles. The quantitative estimate of drug-likeness (QED) is 0.935. The highest BCUT2D eigenvalue weighted by atomic mass is 35.5. The van der Waals surface area contributed by atoms with Crippen molar-refractivity contribution in [3.63, 3.8) is 0 Å². The molecule has 1 aromatic heterocycles. The fourth-order valence-corrected chi connectivity index (χ4v) is 3.06. The number of hydrogen-bond acceptors (Lipinski definition) is 4. The molecule has 0 aliphatic heterocycles. The first kappa shape index (κ1) is 15.1. The number of carbonyl (C=O) groups excluding carboxylic acids is 1. The average molecular weight is 330 g/mol. The van der Waals surface area contributed by atoms with Crippen LogP contribution in [0.15, 0.2) is 18.2 Å². The number of rotatable bonds is 3. The van der Waals surface area contributed by atoms with E-state index in [2.05, 4.69) is 4.98 Å². The van der Waals surface area contributed by atoms with Gasteiger partial charge >= 0.3 is 0 Å². The molecular weight excluding hydrogens is 317 g/mol. The van der Waals surface area contributed by atoms with Crippen LogP contribution in [0.25, 0.3) is 0 Å². The first-order valence-corrected chi connectivity index (χ1v) is 7.38. The molecule has 2 N–H and O–H groups in total. The molecule has 0 fully saturated rings. The number of nitrogens with zero attached hydrogens (tertiary/aromatic N) is 2. The Balaban J connectivity index is 2.17. The van der Waals surface area contributed by atoms with Crippen molar-refractivity contribution in [2.24, 2.45) is 0 Å². The first-order chi connectivity index (χ1) is 9.38. The number of aromatic nitrogens is 1. The molecule has 0 saturated heterocycles. The number of carbonyl (C=O) groups is 1. The highest BCUT2D eigenvalue weighted by Crippen LogP contribution is 2.24. The molecule has 2 aromatic rings. The monoisotopic (exact) mass is 329 g/mol. The Hall–Kier alpha value is -1.30. The molecule has 0 unspecified atom stereocenters. The molecular formula is C13H13Cl2N3OS. The lowest BCUT2D eigenvalue weighted by Gasteiger charge is -2.17. The van der Waals surface area contributed by atoms with Crippen molar-refractivity contribution in [2.45, 2.75) is 13.5 Å². The third-order valence-corrected chi connectivity index (χ3v) is 4.34. The van der Waals surface area contributed by atoms with Gasteiger partial charge in [0.2, 0.25) is 0 Å². The van der Waals surface area contributed by atoms with Crippen molar-refractivity contribution >= 4 is 45.6 Å². The Morgan fingerprint density at radius 1 is 1.45 bits per heavy atom. The van der Waals surface area contributed by atoms with Crippen molar-refractivity contribution in [2.75, 3.05) is 12.8 Å². The number of aryl methyl sites for hydroxylation is 1. The van der Waals surface area contributed by atoms with Gasteiger partial charge in [-0.2, -0.15) is 0 Å². The van der Waals surface area contributed by atoms with Gasteiger partial charge in [0.1, 0.15) is 4.88 Å². The number of halogens is 2. The van der Waals surface area contributed by atoms with E-state index in [1.807, 2.05) is 6.07 Å². The molecule has 0 spiro atoms. The maximum absolute atomic E-state index is 12.3. The highest BCUT2D eigenvalue weighted by Gasteiger charge is 2.19. The molecule has 0 bridgehead atoms. The van der Waals surface area contributed by atoms with E-state index in [1.54, 1.807) is 31.0 Å². The minimum Gasteiger partial charge on any atom is -0.375 e. The maximum Gasteiger partial charge on any atom is 0.265 e. The Kier molecular flexibility index (Phi) is 4.52. The third kappa shape index (κ3) is 3.23. The lowest BCUT2D eigenvalue weighted by atomic mass is 10.2. The number of nitrogen functional groups attached to an aromatic ring is 1. The number of anilines is 1. The normalized spacial score (nSPS) is 10.6. The topological polar surface area (TPSA) is 59.2 Å². The van der Waals surface area contributed by atoms with Crippen LogP contribution in [-0.4, -0.2) is 22.8 Å². The van der Waals surface area contributed by atoms with Gasteiger partial charge < -0.3 is 10.6 Å². The predicted molar refractivity (Wildman–Crippen MR) is 83.5 cm³/mol. The van der Waals surface area contributed by atoms with Crippen molar-refractivity contribution in [3.05, 3.63) is 44.4 Å². The Morgan fingerprint density at radius 2 is 2.15 bits per heavy atom. The summed E-state index contributed by atoms with van der Waals surface area (Å²) < 4.78 is 0. The third-order valence-electron chi connectivity index (χ3n) is 2.78. The smallest absolute Gasteiger partial charge is 0.265 e. The number of nitrogens with two attached hydrogens (primary N) is 1. The summed E-state index contributed by atoms with van der Waals surface area (Å²) in [5.74, 6) is -0.122. The summed E-state index contributed by atoms with van der Waals surface area (Å²) in [7, 11) is 1.71. The second-order valence-electron chi connectivity index (χ2n) is 4.36. The SMILES string of the molecule is Cc1nc(N)sc1C(=O)N(C)Cc1ccc(Cl)cc1Cl. The van der Waals surface area contributed by atoms with Gasteiger partial charge in [-0.05, 0) is 24.6 Å². The van der Waals surface area contributed by atoms with E-state index in [-0.39, 0.29) is 5.91 Å². The molecule has 4 nitrogen and oxygen atoms in total. The second-order valence-corrected chi connectivity index (χ2v) is 6.24. The van der Waals surface area contributed by atoms with Crippen LogP contribution in [0.2, 0.25) is 10.0 Å². The lowest BCUT2D eigenvalue weighted by molar-refractivity contribution is 0.0789. The summed E-state index contributed by atoms with van der Waals surface area (Å²) >= 11 is 13.1. The van der Waals surface area contributed by atoms with Crippen LogP contribution in [0.1, 0.15) is 20.9 Å². The molecule has 0 atom stereocenters. The van der Waals surface area contributed by atoms with Gasteiger partial charge in [0.05, 0.1) is 5.69 Å².